The van der Waals surface area contributed by atoms with Gasteiger partial charge in [-0.15, -0.1) is 0 Å². The second kappa shape index (κ2) is 13.6. The molecule has 0 aliphatic heterocycles. The van der Waals surface area contributed by atoms with Crippen molar-refractivity contribution < 1.29 is 22.4 Å². The Bertz CT molecular complexity index is 1410. The van der Waals surface area contributed by atoms with E-state index in [1.165, 1.54) is 29.2 Å². The van der Waals surface area contributed by atoms with E-state index in [0.29, 0.717) is 29.7 Å². The third-order valence-electron chi connectivity index (χ3n) is 6.90. The normalized spacial score (nSPS) is 12.8. The first kappa shape index (κ1) is 30.8. The number of sulfonamides is 1. The highest BCUT2D eigenvalue weighted by Crippen LogP contribution is 2.28. The lowest BCUT2D eigenvalue weighted by molar-refractivity contribution is -0.140. The number of benzene rings is 3. The standard InChI is InChI=1S/C31H38FN3O4S/c1-6-24(5)33-31(37)28(7-2)34(20-25-15-17-26(32)18-16-25)30(36)21-35(29-19-22(3)13-14-23(29)4)40(38,39)27-11-9-8-10-12-27/h8-19,24,28H,6-7,20-21H2,1-5H3,(H,33,37)/t24-,28-/m0/s1. The number of nitrogens with one attached hydrogen (secondary N) is 1. The minimum atomic E-state index is -4.14. The topological polar surface area (TPSA) is 86.8 Å². The van der Waals surface area contributed by atoms with Crippen molar-refractivity contribution in [2.75, 3.05) is 10.8 Å². The number of hydrogen-bond acceptors (Lipinski definition) is 4. The minimum absolute atomic E-state index is 0.0115. The molecule has 1 N–H and O–H groups in total. The van der Waals surface area contributed by atoms with E-state index in [1.807, 2.05) is 32.9 Å². The van der Waals surface area contributed by atoms with Gasteiger partial charge in [-0.25, -0.2) is 12.8 Å². The van der Waals surface area contributed by atoms with Crippen LogP contribution < -0.4 is 9.62 Å². The summed E-state index contributed by atoms with van der Waals surface area (Å²) in [5.41, 5.74) is 2.53. The van der Waals surface area contributed by atoms with Gasteiger partial charge in [0, 0.05) is 12.6 Å². The van der Waals surface area contributed by atoms with Gasteiger partial charge >= 0.3 is 0 Å². The molecule has 0 fully saturated rings. The molecule has 0 radical (unpaired) electrons. The van der Waals surface area contributed by atoms with Gasteiger partial charge in [0.2, 0.25) is 11.8 Å². The number of amides is 2. The van der Waals surface area contributed by atoms with Crippen molar-refractivity contribution in [1.29, 1.82) is 0 Å². The molecule has 0 heterocycles. The quantitative estimate of drug-likeness (QED) is 0.319. The van der Waals surface area contributed by atoms with Crippen LogP contribution in [0.15, 0.2) is 77.7 Å². The maximum absolute atomic E-state index is 14.1. The SMILES string of the molecule is CC[C@H](C)NC(=O)[C@H](CC)N(Cc1ccc(F)cc1)C(=O)CN(c1cc(C)ccc1C)S(=O)(=O)c1ccccc1. The van der Waals surface area contributed by atoms with Crippen LogP contribution in [0.3, 0.4) is 0 Å². The Kier molecular flexibility index (Phi) is 10.5. The third-order valence-corrected chi connectivity index (χ3v) is 8.67. The van der Waals surface area contributed by atoms with Crippen LogP contribution in [0.5, 0.6) is 0 Å². The first-order chi connectivity index (χ1) is 19.0. The van der Waals surface area contributed by atoms with Crippen molar-refractivity contribution in [1.82, 2.24) is 10.2 Å². The molecule has 0 aliphatic rings. The second-order valence-corrected chi connectivity index (χ2v) is 11.9. The summed E-state index contributed by atoms with van der Waals surface area (Å²) in [5.74, 6) is -1.29. The molecule has 0 aliphatic carbocycles. The van der Waals surface area contributed by atoms with Crippen LogP contribution in [0.4, 0.5) is 10.1 Å². The molecule has 0 aromatic heterocycles. The summed E-state index contributed by atoms with van der Waals surface area (Å²) in [7, 11) is -4.14. The van der Waals surface area contributed by atoms with Gasteiger partial charge in [0.05, 0.1) is 10.6 Å². The van der Waals surface area contributed by atoms with E-state index in [-0.39, 0.29) is 23.4 Å². The summed E-state index contributed by atoms with van der Waals surface area (Å²) in [6.07, 6.45) is 1.02. The van der Waals surface area contributed by atoms with Gasteiger partial charge in [-0.1, -0.05) is 56.3 Å². The molecule has 0 unspecified atom stereocenters. The molecule has 3 aromatic rings. The van der Waals surface area contributed by atoms with Gasteiger partial charge in [-0.3, -0.25) is 13.9 Å². The Hall–Kier alpha value is -3.72. The van der Waals surface area contributed by atoms with Crippen molar-refractivity contribution in [2.45, 2.75) is 71.0 Å². The Morgan fingerprint density at radius 3 is 2.17 bits per heavy atom. The summed E-state index contributed by atoms with van der Waals surface area (Å²) in [4.78, 5) is 28.9. The van der Waals surface area contributed by atoms with Crippen LogP contribution in [-0.2, 0) is 26.2 Å². The summed E-state index contributed by atoms with van der Waals surface area (Å²) >= 11 is 0. The number of carbonyl (C=O) groups is 2. The first-order valence-electron chi connectivity index (χ1n) is 13.5. The molecule has 3 rings (SSSR count). The van der Waals surface area contributed by atoms with Crippen molar-refractivity contribution in [2.24, 2.45) is 0 Å². The third kappa shape index (κ3) is 7.47. The Morgan fingerprint density at radius 1 is 0.925 bits per heavy atom. The zero-order valence-electron chi connectivity index (χ0n) is 23.7. The fraction of sp³-hybridized carbons (Fsp3) is 0.355. The predicted octanol–water partition coefficient (Wildman–Crippen LogP) is 5.36. The van der Waals surface area contributed by atoms with E-state index in [0.717, 1.165) is 9.87 Å². The fourth-order valence-corrected chi connectivity index (χ4v) is 5.86. The lowest BCUT2D eigenvalue weighted by Crippen LogP contribution is -2.53. The zero-order valence-corrected chi connectivity index (χ0v) is 24.5. The summed E-state index contributed by atoms with van der Waals surface area (Å²) < 4.78 is 42.6. The highest BCUT2D eigenvalue weighted by atomic mass is 32.2. The molecule has 0 spiro atoms. The molecule has 0 bridgehead atoms. The van der Waals surface area contributed by atoms with Crippen LogP contribution in [0.2, 0.25) is 0 Å². The monoisotopic (exact) mass is 567 g/mol. The molecular formula is C31H38FN3O4S. The molecule has 0 saturated carbocycles. The van der Waals surface area contributed by atoms with Crippen molar-refractivity contribution in [3.05, 3.63) is 95.3 Å². The van der Waals surface area contributed by atoms with Crippen molar-refractivity contribution >= 4 is 27.5 Å². The zero-order chi connectivity index (χ0) is 29.4. The Morgan fingerprint density at radius 2 is 1.57 bits per heavy atom. The van der Waals surface area contributed by atoms with E-state index < -0.39 is 34.3 Å². The maximum atomic E-state index is 14.1. The molecule has 2 atom stereocenters. The molecule has 9 heteroatoms. The van der Waals surface area contributed by atoms with Crippen LogP contribution in [-0.4, -0.2) is 43.8 Å². The molecule has 214 valence electrons. The highest BCUT2D eigenvalue weighted by Gasteiger charge is 2.34. The number of rotatable bonds is 12. The molecule has 0 saturated heterocycles. The maximum Gasteiger partial charge on any atom is 0.264 e. The van der Waals surface area contributed by atoms with Crippen LogP contribution >= 0.6 is 0 Å². The Labute approximate surface area is 237 Å². The summed E-state index contributed by atoms with van der Waals surface area (Å²) in [6.45, 7) is 8.76. The summed E-state index contributed by atoms with van der Waals surface area (Å²) in [5, 5.41) is 2.94. The van der Waals surface area contributed by atoms with Crippen molar-refractivity contribution in [3.63, 3.8) is 0 Å². The van der Waals surface area contributed by atoms with E-state index in [1.54, 1.807) is 50.2 Å². The molecule has 40 heavy (non-hydrogen) atoms. The fourth-order valence-electron chi connectivity index (χ4n) is 4.37. The van der Waals surface area contributed by atoms with E-state index in [9.17, 15) is 22.4 Å². The number of nitrogens with zero attached hydrogens (tertiary/aromatic N) is 2. The first-order valence-corrected chi connectivity index (χ1v) is 14.9. The van der Waals surface area contributed by atoms with Crippen LogP contribution in [0, 0.1) is 19.7 Å². The lowest BCUT2D eigenvalue weighted by Gasteiger charge is -2.34. The second-order valence-electron chi connectivity index (χ2n) is 10.0. The van der Waals surface area contributed by atoms with E-state index in [4.69, 9.17) is 0 Å². The average Bonchev–Trinajstić information content (AvgIpc) is 2.94. The predicted molar refractivity (Wildman–Crippen MR) is 156 cm³/mol. The number of carbonyl (C=O) groups excluding carboxylic acids is 2. The van der Waals surface area contributed by atoms with Gasteiger partial charge in [0.15, 0.2) is 0 Å². The smallest absolute Gasteiger partial charge is 0.264 e. The molecule has 7 nitrogen and oxygen atoms in total. The van der Waals surface area contributed by atoms with Gasteiger partial charge in [-0.2, -0.15) is 0 Å². The van der Waals surface area contributed by atoms with Crippen LogP contribution in [0.25, 0.3) is 0 Å². The van der Waals surface area contributed by atoms with Gasteiger partial charge in [0.25, 0.3) is 10.0 Å². The average molecular weight is 568 g/mol. The van der Waals surface area contributed by atoms with E-state index in [2.05, 4.69) is 5.32 Å². The number of aryl methyl sites for hydroxylation is 2. The summed E-state index contributed by atoms with van der Waals surface area (Å²) in [6, 6.07) is 18.1. The number of hydrogen-bond donors (Lipinski definition) is 1. The molecule has 3 aromatic carbocycles. The Balaban J connectivity index is 2.08. The van der Waals surface area contributed by atoms with Gasteiger partial charge in [-0.05, 0) is 80.6 Å². The number of halogens is 1. The molecular weight excluding hydrogens is 529 g/mol. The molecule has 2 amide bonds. The number of anilines is 1. The highest BCUT2D eigenvalue weighted by molar-refractivity contribution is 7.92. The largest absolute Gasteiger partial charge is 0.352 e. The van der Waals surface area contributed by atoms with Gasteiger partial charge in [0.1, 0.15) is 18.4 Å². The van der Waals surface area contributed by atoms with Gasteiger partial charge < -0.3 is 10.2 Å². The van der Waals surface area contributed by atoms with E-state index >= 15 is 0 Å². The van der Waals surface area contributed by atoms with Crippen molar-refractivity contribution in [3.8, 4) is 0 Å². The van der Waals surface area contributed by atoms with Crippen LogP contribution in [0.1, 0.15) is 50.3 Å². The lowest BCUT2D eigenvalue weighted by atomic mass is 10.1. The minimum Gasteiger partial charge on any atom is -0.352 e.